The van der Waals surface area contributed by atoms with Crippen molar-refractivity contribution < 1.29 is 9.53 Å². The first-order valence-corrected chi connectivity index (χ1v) is 8.55. The molecule has 0 saturated carbocycles. The van der Waals surface area contributed by atoms with Crippen LogP contribution in [0.5, 0.6) is 5.75 Å². The minimum absolute atomic E-state index is 0.00353. The minimum atomic E-state index is -0.0791. The largest absolute Gasteiger partial charge is 0.485 e. The van der Waals surface area contributed by atoms with Crippen LogP contribution < -0.4 is 4.74 Å². The third kappa shape index (κ3) is 2.83. The molecule has 0 aromatic heterocycles. The van der Waals surface area contributed by atoms with Gasteiger partial charge in [0.15, 0.2) is 0 Å². The van der Waals surface area contributed by atoms with Crippen molar-refractivity contribution in [3.05, 3.63) is 46.4 Å². The van der Waals surface area contributed by atoms with Crippen LogP contribution in [0.15, 0.2) is 40.8 Å². The average Bonchev–Trinajstić information content (AvgIpc) is 2.76. The molecule has 3 nitrogen and oxygen atoms in total. The van der Waals surface area contributed by atoms with Crippen molar-refractivity contribution in [1.29, 1.82) is 0 Å². The number of fused-ring (bicyclic) bond motifs is 1. The Morgan fingerprint density at radius 2 is 2.18 bits per heavy atom. The van der Waals surface area contributed by atoms with Crippen LogP contribution in [0.1, 0.15) is 25.8 Å². The second kappa shape index (κ2) is 6.26. The van der Waals surface area contributed by atoms with Crippen molar-refractivity contribution in [1.82, 2.24) is 4.90 Å². The topological polar surface area (TPSA) is 29.5 Å². The van der Waals surface area contributed by atoms with Crippen LogP contribution in [-0.2, 0) is 4.79 Å². The van der Waals surface area contributed by atoms with Gasteiger partial charge in [0.2, 0.25) is 0 Å². The highest BCUT2D eigenvalue weighted by Gasteiger charge is 2.32. The third-order valence-electron chi connectivity index (χ3n) is 3.63. The summed E-state index contributed by atoms with van der Waals surface area (Å²) in [7, 11) is 0. The summed E-state index contributed by atoms with van der Waals surface area (Å²) in [6, 6.07) is 7.91. The van der Waals surface area contributed by atoms with E-state index in [9.17, 15) is 4.79 Å². The van der Waals surface area contributed by atoms with Gasteiger partial charge in [-0.2, -0.15) is 0 Å². The lowest BCUT2D eigenvalue weighted by atomic mass is 10.0. The van der Waals surface area contributed by atoms with Crippen molar-refractivity contribution in [2.75, 3.05) is 6.54 Å². The van der Waals surface area contributed by atoms with Gasteiger partial charge in [-0.3, -0.25) is 9.69 Å². The zero-order chi connectivity index (χ0) is 15.7. The summed E-state index contributed by atoms with van der Waals surface area (Å²) >= 11 is 6.67. The molecule has 0 spiro atoms. The maximum Gasteiger partial charge on any atom is 0.266 e. The Kier molecular flexibility index (Phi) is 4.36. The van der Waals surface area contributed by atoms with Gasteiger partial charge < -0.3 is 4.74 Å². The lowest BCUT2D eigenvalue weighted by Crippen LogP contribution is -2.28. The number of thiocarbonyl (C=S) groups is 1. The zero-order valence-corrected chi connectivity index (χ0v) is 14.2. The molecule has 0 unspecified atom stereocenters. The molecule has 5 heteroatoms. The van der Waals surface area contributed by atoms with Gasteiger partial charge in [0.1, 0.15) is 16.2 Å². The highest BCUT2D eigenvalue weighted by molar-refractivity contribution is 8.26. The number of rotatable bonds is 3. The molecule has 0 radical (unpaired) electrons. The Morgan fingerprint density at radius 1 is 1.41 bits per heavy atom. The Hall–Kier alpha value is -1.59. The molecule has 0 N–H and O–H groups in total. The Morgan fingerprint density at radius 3 is 2.95 bits per heavy atom. The molecular formula is C17H17NO2S2. The van der Waals surface area contributed by atoms with Crippen LogP contribution in [0.4, 0.5) is 0 Å². The van der Waals surface area contributed by atoms with Gasteiger partial charge in [-0.05, 0) is 37.1 Å². The van der Waals surface area contributed by atoms with E-state index in [1.54, 1.807) is 4.90 Å². The summed E-state index contributed by atoms with van der Waals surface area (Å²) in [4.78, 5) is 14.8. The molecule has 1 aromatic carbocycles. The Bertz CT molecular complexity index is 694. The first-order chi connectivity index (χ1) is 10.6. The normalized spacial score (nSPS) is 22.6. The van der Waals surface area contributed by atoms with Crippen LogP contribution in [0.25, 0.3) is 6.08 Å². The Balaban J connectivity index is 1.91. The number of ether oxygens (including phenoxy) is 1. The van der Waals surface area contributed by atoms with E-state index in [2.05, 4.69) is 6.08 Å². The number of carbonyl (C=O) groups excluding carboxylic acids is 1. The molecular weight excluding hydrogens is 314 g/mol. The number of carbonyl (C=O) groups is 1. The summed E-state index contributed by atoms with van der Waals surface area (Å²) in [6.45, 7) is 4.71. The quantitative estimate of drug-likeness (QED) is 0.618. The van der Waals surface area contributed by atoms with Crippen molar-refractivity contribution in [2.45, 2.75) is 26.4 Å². The van der Waals surface area contributed by atoms with Gasteiger partial charge in [-0.1, -0.05) is 49.1 Å². The molecule has 114 valence electrons. The van der Waals surface area contributed by atoms with Crippen molar-refractivity contribution in [2.24, 2.45) is 0 Å². The molecule has 3 rings (SSSR count). The standard InChI is InChI=1S/C17H17NO2S2/c1-3-8-18-16(19)15(22-17(18)21)10-13-9-12-6-4-5-7-14(12)20-11(13)2/h4-7,9-11H,3,8H2,1-2H3/b15-10-/t11-/m0/s1. The van der Waals surface area contributed by atoms with Gasteiger partial charge >= 0.3 is 0 Å². The monoisotopic (exact) mass is 331 g/mol. The average molecular weight is 331 g/mol. The number of nitrogens with zero attached hydrogens (tertiary/aromatic N) is 1. The van der Waals surface area contributed by atoms with Crippen molar-refractivity contribution >= 4 is 40.3 Å². The van der Waals surface area contributed by atoms with E-state index in [1.807, 2.05) is 44.2 Å². The smallest absolute Gasteiger partial charge is 0.266 e. The van der Waals surface area contributed by atoms with E-state index >= 15 is 0 Å². The molecule has 2 heterocycles. The van der Waals surface area contributed by atoms with E-state index < -0.39 is 0 Å². The predicted octanol–water partition coefficient (Wildman–Crippen LogP) is 4.01. The second-order valence-electron chi connectivity index (χ2n) is 5.28. The van der Waals surface area contributed by atoms with Crippen LogP contribution >= 0.6 is 24.0 Å². The van der Waals surface area contributed by atoms with Gasteiger partial charge in [0.25, 0.3) is 5.91 Å². The number of amides is 1. The molecule has 0 aliphatic carbocycles. The summed E-state index contributed by atoms with van der Waals surface area (Å²) in [5.74, 6) is 0.884. The van der Waals surface area contributed by atoms with Gasteiger partial charge in [-0.15, -0.1) is 0 Å². The molecule has 1 fully saturated rings. The molecule has 1 amide bonds. The molecule has 1 saturated heterocycles. The van der Waals surface area contributed by atoms with Gasteiger partial charge in [0, 0.05) is 12.1 Å². The molecule has 2 aliphatic rings. The number of para-hydroxylation sites is 1. The van der Waals surface area contributed by atoms with E-state index in [4.69, 9.17) is 17.0 Å². The maximum atomic E-state index is 12.4. The lowest BCUT2D eigenvalue weighted by molar-refractivity contribution is -0.122. The first-order valence-electron chi connectivity index (χ1n) is 7.32. The molecule has 1 aromatic rings. The number of thioether (sulfide) groups is 1. The van der Waals surface area contributed by atoms with Crippen LogP contribution in [-0.4, -0.2) is 27.8 Å². The fourth-order valence-corrected chi connectivity index (χ4v) is 3.80. The van der Waals surface area contributed by atoms with E-state index in [-0.39, 0.29) is 12.0 Å². The summed E-state index contributed by atoms with van der Waals surface area (Å²) in [6.07, 6.45) is 4.81. The highest BCUT2D eigenvalue weighted by Crippen LogP contribution is 2.35. The third-order valence-corrected chi connectivity index (χ3v) is 5.01. The zero-order valence-electron chi connectivity index (χ0n) is 12.5. The lowest BCUT2D eigenvalue weighted by Gasteiger charge is -2.23. The number of hydrogen-bond acceptors (Lipinski definition) is 4. The number of benzene rings is 1. The van der Waals surface area contributed by atoms with Crippen LogP contribution in [0.2, 0.25) is 0 Å². The SMILES string of the molecule is CCCN1C(=O)/C(=C/C2=Cc3ccccc3O[C@H]2C)SC1=S. The van der Waals surface area contributed by atoms with E-state index in [1.165, 1.54) is 11.8 Å². The summed E-state index contributed by atoms with van der Waals surface area (Å²) in [5.41, 5.74) is 2.03. The molecule has 2 aliphatic heterocycles. The fraction of sp³-hybridized carbons (Fsp3) is 0.294. The molecule has 0 bridgehead atoms. The number of hydrogen-bond donors (Lipinski definition) is 0. The van der Waals surface area contributed by atoms with Crippen LogP contribution in [0, 0.1) is 0 Å². The minimum Gasteiger partial charge on any atom is -0.485 e. The Labute approximate surface area is 140 Å². The van der Waals surface area contributed by atoms with Gasteiger partial charge in [-0.25, -0.2) is 0 Å². The summed E-state index contributed by atoms with van der Waals surface area (Å²) < 4.78 is 6.55. The molecule has 22 heavy (non-hydrogen) atoms. The summed E-state index contributed by atoms with van der Waals surface area (Å²) in [5, 5.41) is 0. The van der Waals surface area contributed by atoms with E-state index in [0.717, 1.165) is 23.3 Å². The predicted molar refractivity (Wildman–Crippen MR) is 94.8 cm³/mol. The fourth-order valence-electron chi connectivity index (χ4n) is 2.49. The van der Waals surface area contributed by atoms with Gasteiger partial charge in [0.05, 0.1) is 4.91 Å². The first kappa shape index (κ1) is 15.3. The highest BCUT2D eigenvalue weighted by atomic mass is 32.2. The van der Waals surface area contributed by atoms with Crippen molar-refractivity contribution in [3.8, 4) is 5.75 Å². The molecule has 1 atom stereocenters. The van der Waals surface area contributed by atoms with Crippen molar-refractivity contribution in [3.63, 3.8) is 0 Å². The maximum absolute atomic E-state index is 12.4. The second-order valence-corrected chi connectivity index (χ2v) is 6.95. The van der Waals surface area contributed by atoms with Crippen LogP contribution in [0.3, 0.4) is 0 Å². The van der Waals surface area contributed by atoms with E-state index in [0.29, 0.717) is 15.8 Å².